The lowest BCUT2D eigenvalue weighted by atomic mass is 10.1. The number of aryl methyl sites for hydroxylation is 1. The number of rotatable bonds is 7. The number of halogens is 1. The molecule has 1 aromatic carbocycles. The van der Waals surface area contributed by atoms with Crippen molar-refractivity contribution in [1.29, 1.82) is 0 Å². The van der Waals surface area contributed by atoms with E-state index in [1.165, 1.54) is 0 Å². The van der Waals surface area contributed by atoms with Crippen LogP contribution in [0.2, 0.25) is 0 Å². The van der Waals surface area contributed by atoms with Crippen molar-refractivity contribution in [2.45, 2.75) is 12.5 Å². The number of ether oxygens (including phenoxy) is 1. The van der Waals surface area contributed by atoms with Crippen LogP contribution in [0, 0.1) is 0 Å². The van der Waals surface area contributed by atoms with Crippen LogP contribution in [0.5, 0.6) is 5.75 Å². The third kappa shape index (κ3) is 4.97. The molecule has 1 unspecified atom stereocenters. The van der Waals surface area contributed by atoms with Crippen LogP contribution in [0.25, 0.3) is 0 Å². The standard InChI is InChI=1S/C16H22N4O2.ClH/c1-17-15(13-10-19-20(2)11-13)16(21)18-9-8-12-6-4-5-7-14(12)22-3;/h4-7,10-11,15,17H,8-9H2,1-3H3,(H,18,21);1H. The van der Waals surface area contributed by atoms with E-state index in [1.54, 1.807) is 25.0 Å². The summed E-state index contributed by atoms with van der Waals surface area (Å²) in [6.45, 7) is 0.553. The van der Waals surface area contributed by atoms with Gasteiger partial charge in [0.2, 0.25) is 5.91 Å². The second kappa shape index (κ2) is 9.17. The van der Waals surface area contributed by atoms with Gasteiger partial charge < -0.3 is 15.4 Å². The minimum absolute atomic E-state index is 0. The molecule has 1 atom stereocenters. The molecule has 0 spiro atoms. The zero-order chi connectivity index (χ0) is 15.9. The van der Waals surface area contributed by atoms with Crippen molar-refractivity contribution in [3.05, 3.63) is 47.8 Å². The number of benzene rings is 1. The van der Waals surface area contributed by atoms with Crippen LogP contribution in [0.15, 0.2) is 36.7 Å². The molecule has 0 aliphatic carbocycles. The van der Waals surface area contributed by atoms with Crippen molar-refractivity contribution in [2.75, 3.05) is 20.7 Å². The summed E-state index contributed by atoms with van der Waals surface area (Å²) in [5, 5.41) is 10.1. The van der Waals surface area contributed by atoms with Crippen molar-refractivity contribution >= 4 is 18.3 Å². The van der Waals surface area contributed by atoms with Gasteiger partial charge in [-0.2, -0.15) is 5.10 Å². The molecule has 2 aromatic rings. The molecule has 0 saturated heterocycles. The van der Waals surface area contributed by atoms with Gasteiger partial charge in [0.15, 0.2) is 0 Å². The van der Waals surface area contributed by atoms with Gasteiger partial charge in [0.1, 0.15) is 11.8 Å². The SMILES string of the molecule is CNC(C(=O)NCCc1ccccc1OC)c1cnn(C)c1.Cl. The Labute approximate surface area is 142 Å². The molecule has 0 bridgehead atoms. The van der Waals surface area contributed by atoms with E-state index in [-0.39, 0.29) is 18.3 Å². The Morgan fingerprint density at radius 2 is 2.13 bits per heavy atom. The molecule has 0 saturated carbocycles. The quantitative estimate of drug-likeness (QED) is 0.802. The first kappa shape index (κ1) is 19.0. The molecule has 23 heavy (non-hydrogen) atoms. The molecule has 1 amide bonds. The second-order valence-electron chi connectivity index (χ2n) is 5.02. The summed E-state index contributed by atoms with van der Waals surface area (Å²) >= 11 is 0. The van der Waals surface area contributed by atoms with E-state index in [2.05, 4.69) is 15.7 Å². The minimum Gasteiger partial charge on any atom is -0.496 e. The fourth-order valence-electron chi connectivity index (χ4n) is 2.37. The maximum Gasteiger partial charge on any atom is 0.241 e. The topological polar surface area (TPSA) is 68.2 Å². The Hall–Kier alpha value is -2.05. The van der Waals surface area contributed by atoms with Crippen LogP contribution < -0.4 is 15.4 Å². The molecule has 2 rings (SSSR count). The predicted octanol–water partition coefficient (Wildman–Crippen LogP) is 1.47. The predicted molar refractivity (Wildman–Crippen MR) is 92.0 cm³/mol. The summed E-state index contributed by atoms with van der Waals surface area (Å²) < 4.78 is 6.99. The molecule has 7 heteroatoms. The molecule has 126 valence electrons. The molecular weight excluding hydrogens is 316 g/mol. The Bertz CT molecular complexity index is 630. The van der Waals surface area contributed by atoms with Crippen LogP contribution in [-0.2, 0) is 18.3 Å². The molecule has 2 N–H and O–H groups in total. The number of methoxy groups -OCH3 is 1. The van der Waals surface area contributed by atoms with Crippen molar-refractivity contribution < 1.29 is 9.53 Å². The lowest BCUT2D eigenvalue weighted by Gasteiger charge is -2.15. The third-order valence-corrected chi connectivity index (χ3v) is 3.50. The number of hydrogen-bond acceptors (Lipinski definition) is 4. The van der Waals surface area contributed by atoms with Crippen molar-refractivity contribution in [2.24, 2.45) is 7.05 Å². The first-order valence-corrected chi connectivity index (χ1v) is 7.21. The number of likely N-dealkylation sites (N-methyl/N-ethyl adjacent to an activating group) is 1. The van der Waals surface area contributed by atoms with Gasteiger partial charge in [0.05, 0.1) is 13.3 Å². The van der Waals surface area contributed by atoms with E-state index in [1.807, 2.05) is 37.5 Å². The summed E-state index contributed by atoms with van der Waals surface area (Å²) in [5.74, 6) is 0.777. The third-order valence-electron chi connectivity index (χ3n) is 3.50. The van der Waals surface area contributed by atoms with Crippen LogP contribution >= 0.6 is 12.4 Å². The summed E-state index contributed by atoms with van der Waals surface area (Å²) in [5.41, 5.74) is 1.92. The number of para-hydroxylation sites is 1. The van der Waals surface area contributed by atoms with Gasteiger partial charge in [0.25, 0.3) is 0 Å². The highest BCUT2D eigenvalue weighted by Crippen LogP contribution is 2.17. The minimum atomic E-state index is -0.397. The zero-order valence-electron chi connectivity index (χ0n) is 13.6. The molecule has 0 fully saturated rings. The molecule has 0 aliphatic heterocycles. The summed E-state index contributed by atoms with van der Waals surface area (Å²) in [7, 11) is 5.24. The fourth-order valence-corrected chi connectivity index (χ4v) is 2.37. The summed E-state index contributed by atoms with van der Waals surface area (Å²) in [6.07, 6.45) is 4.25. The molecule has 0 aliphatic rings. The van der Waals surface area contributed by atoms with Crippen LogP contribution in [0.3, 0.4) is 0 Å². The highest BCUT2D eigenvalue weighted by Gasteiger charge is 2.19. The van der Waals surface area contributed by atoms with Gasteiger partial charge >= 0.3 is 0 Å². The van der Waals surface area contributed by atoms with E-state index >= 15 is 0 Å². The van der Waals surface area contributed by atoms with Gasteiger partial charge in [-0.15, -0.1) is 12.4 Å². The number of carbonyl (C=O) groups is 1. The molecule has 0 radical (unpaired) electrons. The lowest BCUT2D eigenvalue weighted by molar-refractivity contribution is -0.123. The monoisotopic (exact) mass is 338 g/mol. The van der Waals surface area contributed by atoms with Crippen LogP contribution in [-0.4, -0.2) is 36.4 Å². The van der Waals surface area contributed by atoms with Crippen LogP contribution in [0.4, 0.5) is 0 Å². The summed E-state index contributed by atoms with van der Waals surface area (Å²) in [6, 6.07) is 7.42. The number of nitrogens with one attached hydrogen (secondary N) is 2. The first-order chi connectivity index (χ1) is 10.7. The molecule has 1 heterocycles. The van der Waals surface area contributed by atoms with Gasteiger partial charge in [-0.25, -0.2) is 0 Å². The van der Waals surface area contributed by atoms with Crippen molar-refractivity contribution in [1.82, 2.24) is 20.4 Å². The number of carbonyl (C=O) groups excluding carboxylic acids is 1. The first-order valence-electron chi connectivity index (χ1n) is 7.21. The van der Waals surface area contributed by atoms with Crippen molar-refractivity contribution in [3.8, 4) is 5.75 Å². The summed E-state index contributed by atoms with van der Waals surface area (Å²) in [4.78, 5) is 12.3. The number of amides is 1. The molecule has 1 aromatic heterocycles. The van der Waals surface area contributed by atoms with Crippen molar-refractivity contribution in [3.63, 3.8) is 0 Å². The van der Waals surface area contributed by atoms with E-state index in [9.17, 15) is 4.79 Å². The number of hydrogen-bond donors (Lipinski definition) is 2. The fraction of sp³-hybridized carbons (Fsp3) is 0.375. The highest BCUT2D eigenvalue weighted by molar-refractivity contribution is 5.85. The van der Waals surface area contributed by atoms with Gasteiger partial charge in [-0.05, 0) is 25.1 Å². The Kier molecular flexibility index (Phi) is 7.57. The number of aromatic nitrogens is 2. The average molecular weight is 339 g/mol. The van der Waals surface area contributed by atoms with Gasteiger partial charge in [-0.1, -0.05) is 18.2 Å². The van der Waals surface area contributed by atoms with E-state index < -0.39 is 6.04 Å². The van der Waals surface area contributed by atoms with E-state index in [0.29, 0.717) is 6.54 Å². The zero-order valence-corrected chi connectivity index (χ0v) is 14.4. The van der Waals surface area contributed by atoms with Gasteiger partial charge in [0, 0.05) is 25.4 Å². The van der Waals surface area contributed by atoms with Gasteiger partial charge in [-0.3, -0.25) is 9.48 Å². The second-order valence-corrected chi connectivity index (χ2v) is 5.02. The largest absolute Gasteiger partial charge is 0.496 e. The smallest absolute Gasteiger partial charge is 0.241 e. The maximum atomic E-state index is 12.3. The lowest BCUT2D eigenvalue weighted by Crippen LogP contribution is -2.36. The maximum absolute atomic E-state index is 12.3. The normalized spacial score (nSPS) is 11.4. The highest BCUT2D eigenvalue weighted by atomic mass is 35.5. The molecule has 6 nitrogen and oxygen atoms in total. The Morgan fingerprint density at radius 1 is 1.39 bits per heavy atom. The van der Waals surface area contributed by atoms with Crippen LogP contribution in [0.1, 0.15) is 17.2 Å². The van der Waals surface area contributed by atoms with E-state index in [0.717, 1.165) is 23.3 Å². The van der Waals surface area contributed by atoms with E-state index in [4.69, 9.17) is 4.74 Å². The Morgan fingerprint density at radius 3 is 2.74 bits per heavy atom. The molecular formula is C16H23ClN4O2. The number of nitrogens with zero attached hydrogens (tertiary/aromatic N) is 2. The average Bonchev–Trinajstić information content (AvgIpc) is 2.94. The Balaban J connectivity index is 0.00000264.